The van der Waals surface area contributed by atoms with Crippen molar-refractivity contribution >= 4 is 24.0 Å². The minimum atomic E-state index is -0.980. The Morgan fingerprint density at radius 2 is 2.00 bits per heavy atom. The molecule has 4 nitrogen and oxygen atoms in total. The largest absolute Gasteiger partial charge is 0.321 e. The van der Waals surface area contributed by atoms with Gasteiger partial charge in [0.25, 0.3) is 5.91 Å². The van der Waals surface area contributed by atoms with Crippen molar-refractivity contribution in [1.82, 2.24) is 10.3 Å². The van der Waals surface area contributed by atoms with Crippen molar-refractivity contribution in [3.05, 3.63) is 59.4 Å². The van der Waals surface area contributed by atoms with Gasteiger partial charge in [0.2, 0.25) is 0 Å². The number of anilines is 1. The Hall–Kier alpha value is -2.05. The highest BCUT2D eigenvalue weighted by Crippen LogP contribution is 2.23. The van der Waals surface area contributed by atoms with Gasteiger partial charge in [-0.3, -0.25) is 4.79 Å². The van der Waals surface area contributed by atoms with Gasteiger partial charge in [-0.1, -0.05) is 12.1 Å². The van der Waals surface area contributed by atoms with Crippen LogP contribution in [0.4, 0.5) is 14.5 Å². The van der Waals surface area contributed by atoms with Gasteiger partial charge >= 0.3 is 0 Å². The monoisotopic (exact) mass is 339 g/mol. The summed E-state index contributed by atoms with van der Waals surface area (Å²) < 4.78 is 26.3. The van der Waals surface area contributed by atoms with E-state index in [1.807, 2.05) is 12.1 Å². The molecule has 1 saturated heterocycles. The van der Waals surface area contributed by atoms with Crippen molar-refractivity contribution in [2.45, 2.75) is 12.3 Å². The third kappa shape index (κ3) is 4.03. The Balaban J connectivity index is 0.00000192. The number of halogens is 3. The smallest absolute Gasteiger partial charge is 0.277 e. The number of hydrogen-bond acceptors (Lipinski definition) is 3. The molecule has 1 aliphatic rings. The molecule has 0 aliphatic carbocycles. The second-order valence-corrected chi connectivity index (χ2v) is 5.25. The van der Waals surface area contributed by atoms with Gasteiger partial charge in [0, 0.05) is 18.3 Å². The van der Waals surface area contributed by atoms with Gasteiger partial charge in [-0.25, -0.2) is 13.8 Å². The summed E-state index contributed by atoms with van der Waals surface area (Å²) in [6, 6.07) is 8.07. The molecule has 1 atom stereocenters. The molecular weight excluding hydrogens is 324 g/mol. The van der Waals surface area contributed by atoms with Gasteiger partial charge in [-0.15, -0.1) is 12.4 Å². The summed E-state index contributed by atoms with van der Waals surface area (Å²) in [5.41, 5.74) is 1.32. The SMILES string of the molecule is Cl.O=C(Nc1ccc([C@H]2CCNC2)cc1)c1ncc(F)cc1F. The van der Waals surface area contributed by atoms with Crippen LogP contribution in [-0.4, -0.2) is 24.0 Å². The summed E-state index contributed by atoms with van der Waals surface area (Å²) in [7, 11) is 0. The number of aromatic nitrogens is 1. The van der Waals surface area contributed by atoms with Crippen molar-refractivity contribution in [3.8, 4) is 0 Å². The van der Waals surface area contributed by atoms with E-state index in [1.54, 1.807) is 12.1 Å². The molecule has 0 saturated carbocycles. The first kappa shape index (κ1) is 17.3. The molecule has 122 valence electrons. The van der Waals surface area contributed by atoms with Gasteiger partial charge < -0.3 is 10.6 Å². The van der Waals surface area contributed by atoms with Crippen LogP contribution in [0.25, 0.3) is 0 Å². The molecule has 2 aromatic rings. The van der Waals surface area contributed by atoms with Crippen LogP contribution in [0.3, 0.4) is 0 Å². The van der Waals surface area contributed by atoms with Gasteiger partial charge in [0.1, 0.15) is 5.82 Å². The number of amides is 1. The number of nitrogens with zero attached hydrogens (tertiary/aromatic N) is 1. The molecule has 2 N–H and O–H groups in total. The summed E-state index contributed by atoms with van der Waals surface area (Å²) >= 11 is 0. The summed E-state index contributed by atoms with van der Waals surface area (Å²) in [6.45, 7) is 1.97. The van der Waals surface area contributed by atoms with Crippen LogP contribution in [0, 0.1) is 11.6 Å². The Morgan fingerprint density at radius 1 is 1.26 bits per heavy atom. The predicted molar refractivity (Wildman–Crippen MR) is 86.0 cm³/mol. The van der Waals surface area contributed by atoms with E-state index in [0.29, 0.717) is 17.7 Å². The summed E-state index contributed by atoms with van der Waals surface area (Å²) in [5.74, 6) is -2.01. The van der Waals surface area contributed by atoms with Gasteiger partial charge in [-0.2, -0.15) is 0 Å². The fourth-order valence-corrected chi connectivity index (χ4v) is 2.55. The Labute approximate surface area is 138 Å². The summed E-state index contributed by atoms with van der Waals surface area (Å²) in [5, 5.41) is 5.86. The number of nitrogens with one attached hydrogen (secondary N) is 2. The second kappa shape index (κ2) is 7.48. The first-order valence-corrected chi connectivity index (χ1v) is 7.06. The zero-order valence-electron chi connectivity index (χ0n) is 12.2. The number of carbonyl (C=O) groups excluding carboxylic acids is 1. The zero-order chi connectivity index (χ0) is 15.5. The lowest BCUT2D eigenvalue weighted by Gasteiger charge is -2.10. The topological polar surface area (TPSA) is 54.0 Å². The Morgan fingerprint density at radius 3 is 2.61 bits per heavy atom. The normalized spacial score (nSPS) is 16.7. The first-order chi connectivity index (χ1) is 10.6. The zero-order valence-corrected chi connectivity index (χ0v) is 13.0. The van der Waals surface area contributed by atoms with Crippen LogP contribution in [0.2, 0.25) is 0 Å². The molecule has 0 bridgehead atoms. The van der Waals surface area contributed by atoms with Gasteiger partial charge in [0.15, 0.2) is 11.5 Å². The maximum Gasteiger partial charge on any atom is 0.277 e. The molecule has 0 spiro atoms. The highest BCUT2D eigenvalue weighted by Gasteiger charge is 2.17. The fourth-order valence-electron chi connectivity index (χ4n) is 2.55. The molecule has 3 rings (SSSR count). The number of rotatable bonds is 3. The van der Waals surface area contributed by atoms with Crippen LogP contribution < -0.4 is 10.6 Å². The lowest BCUT2D eigenvalue weighted by atomic mass is 9.98. The van der Waals surface area contributed by atoms with Gasteiger partial charge in [-0.05, 0) is 36.6 Å². The van der Waals surface area contributed by atoms with E-state index in [1.165, 1.54) is 5.56 Å². The van der Waals surface area contributed by atoms with E-state index < -0.39 is 23.2 Å². The summed E-state index contributed by atoms with van der Waals surface area (Å²) in [4.78, 5) is 15.4. The molecule has 1 fully saturated rings. The van der Waals surface area contributed by atoms with Crippen LogP contribution in [-0.2, 0) is 0 Å². The third-order valence-electron chi connectivity index (χ3n) is 3.72. The minimum absolute atomic E-state index is 0. The maximum absolute atomic E-state index is 13.5. The van der Waals surface area contributed by atoms with Gasteiger partial charge in [0.05, 0.1) is 6.20 Å². The molecule has 23 heavy (non-hydrogen) atoms. The lowest BCUT2D eigenvalue weighted by Crippen LogP contribution is -2.16. The van der Waals surface area contributed by atoms with E-state index in [-0.39, 0.29) is 12.4 Å². The molecule has 1 amide bonds. The van der Waals surface area contributed by atoms with Crippen molar-refractivity contribution in [1.29, 1.82) is 0 Å². The molecule has 1 aromatic heterocycles. The molecular formula is C16H16ClF2N3O. The quantitative estimate of drug-likeness (QED) is 0.903. The van der Waals surface area contributed by atoms with Crippen molar-refractivity contribution < 1.29 is 13.6 Å². The van der Waals surface area contributed by atoms with Crippen LogP contribution in [0.5, 0.6) is 0 Å². The molecule has 0 unspecified atom stereocenters. The number of pyridine rings is 1. The summed E-state index contributed by atoms with van der Waals surface area (Å²) in [6.07, 6.45) is 1.91. The average molecular weight is 340 g/mol. The number of carbonyl (C=O) groups is 1. The molecule has 2 heterocycles. The average Bonchev–Trinajstić information content (AvgIpc) is 3.02. The Bertz CT molecular complexity index is 688. The number of hydrogen-bond donors (Lipinski definition) is 2. The van der Waals surface area contributed by atoms with E-state index in [2.05, 4.69) is 15.6 Å². The highest BCUT2D eigenvalue weighted by atomic mass is 35.5. The third-order valence-corrected chi connectivity index (χ3v) is 3.72. The highest BCUT2D eigenvalue weighted by molar-refractivity contribution is 6.03. The van der Waals surface area contributed by atoms with Crippen LogP contribution >= 0.6 is 12.4 Å². The fraction of sp³-hybridized carbons (Fsp3) is 0.250. The molecule has 1 aliphatic heterocycles. The predicted octanol–water partition coefficient (Wildman–Crippen LogP) is 3.11. The minimum Gasteiger partial charge on any atom is -0.321 e. The van der Waals surface area contributed by atoms with Crippen LogP contribution in [0.1, 0.15) is 28.4 Å². The molecule has 7 heteroatoms. The van der Waals surface area contributed by atoms with Crippen molar-refractivity contribution in [2.75, 3.05) is 18.4 Å². The lowest BCUT2D eigenvalue weighted by molar-refractivity contribution is 0.101. The van der Waals surface area contributed by atoms with E-state index in [0.717, 1.165) is 25.7 Å². The molecule has 1 aromatic carbocycles. The van der Waals surface area contributed by atoms with Crippen molar-refractivity contribution in [3.63, 3.8) is 0 Å². The standard InChI is InChI=1S/C16H15F2N3O.ClH/c17-12-7-14(18)15(20-9-12)16(22)21-13-3-1-10(2-4-13)11-5-6-19-8-11;/h1-4,7,9,11,19H,5-6,8H2,(H,21,22);1H/t11-;/m0./s1. The first-order valence-electron chi connectivity index (χ1n) is 7.06. The second-order valence-electron chi connectivity index (χ2n) is 5.25. The van der Waals surface area contributed by atoms with E-state index in [9.17, 15) is 13.6 Å². The molecule has 0 radical (unpaired) electrons. The Kier molecular flexibility index (Phi) is 5.63. The number of benzene rings is 1. The van der Waals surface area contributed by atoms with Crippen molar-refractivity contribution in [2.24, 2.45) is 0 Å². The van der Waals surface area contributed by atoms with E-state index >= 15 is 0 Å². The van der Waals surface area contributed by atoms with E-state index in [4.69, 9.17) is 0 Å². The maximum atomic E-state index is 13.5. The van der Waals surface area contributed by atoms with Crippen LogP contribution in [0.15, 0.2) is 36.5 Å².